The highest BCUT2D eigenvalue weighted by atomic mass is 32.1. The Balaban J connectivity index is 1.98. The van der Waals surface area contributed by atoms with Gasteiger partial charge in [0.05, 0.1) is 17.0 Å². The van der Waals surface area contributed by atoms with Crippen molar-refractivity contribution >= 4 is 17.2 Å². The maximum Gasteiger partial charge on any atom is 0.254 e. The molecule has 0 aliphatic carbocycles. The van der Waals surface area contributed by atoms with Gasteiger partial charge in [0.15, 0.2) is 0 Å². The van der Waals surface area contributed by atoms with Crippen molar-refractivity contribution in [3.8, 4) is 10.6 Å². The first kappa shape index (κ1) is 13.6. The zero-order valence-corrected chi connectivity index (χ0v) is 12.4. The second kappa shape index (κ2) is 5.93. The molecule has 2 heterocycles. The number of amides is 1. The highest BCUT2D eigenvalue weighted by Crippen LogP contribution is 2.26. The lowest BCUT2D eigenvalue weighted by Crippen LogP contribution is -2.17. The summed E-state index contributed by atoms with van der Waals surface area (Å²) in [4.78, 5) is 13.0. The molecule has 4 nitrogen and oxygen atoms in total. The van der Waals surface area contributed by atoms with Crippen LogP contribution in [0.1, 0.15) is 15.9 Å². The van der Waals surface area contributed by atoms with E-state index in [9.17, 15) is 4.79 Å². The normalized spacial score (nSPS) is 10.5. The van der Waals surface area contributed by atoms with Crippen molar-refractivity contribution in [3.05, 3.63) is 65.2 Å². The molecule has 5 heteroatoms. The lowest BCUT2D eigenvalue weighted by Gasteiger charge is -2.00. The Morgan fingerprint density at radius 2 is 2.05 bits per heavy atom. The summed E-state index contributed by atoms with van der Waals surface area (Å²) in [6.45, 7) is 0.649. The third-order valence-corrected chi connectivity index (χ3v) is 4.05. The summed E-state index contributed by atoms with van der Waals surface area (Å²) < 4.78 is 1.81. The van der Waals surface area contributed by atoms with Crippen LogP contribution in [0.3, 0.4) is 0 Å². The van der Waals surface area contributed by atoms with E-state index in [1.807, 2.05) is 52.5 Å². The number of thiophene rings is 1. The largest absolute Gasteiger partial charge is 0.355 e. The van der Waals surface area contributed by atoms with Gasteiger partial charge in [-0.1, -0.05) is 36.4 Å². The van der Waals surface area contributed by atoms with Crippen molar-refractivity contribution in [2.75, 3.05) is 7.05 Å². The van der Waals surface area contributed by atoms with E-state index in [2.05, 4.69) is 10.4 Å². The summed E-state index contributed by atoms with van der Waals surface area (Å²) in [5, 5.41) is 9.24. The average Bonchev–Trinajstić information content (AvgIpc) is 3.16. The van der Waals surface area contributed by atoms with Crippen molar-refractivity contribution in [3.63, 3.8) is 0 Å². The van der Waals surface area contributed by atoms with Gasteiger partial charge in [0, 0.05) is 13.2 Å². The average molecular weight is 297 g/mol. The Morgan fingerprint density at radius 1 is 1.24 bits per heavy atom. The number of hydrogen-bond acceptors (Lipinski definition) is 3. The van der Waals surface area contributed by atoms with Gasteiger partial charge in [-0.3, -0.25) is 9.48 Å². The summed E-state index contributed by atoms with van der Waals surface area (Å²) >= 11 is 1.58. The van der Waals surface area contributed by atoms with Gasteiger partial charge in [-0.15, -0.1) is 11.3 Å². The maximum atomic E-state index is 12.0. The summed E-state index contributed by atoms with van der Waals surface area (Å²) in [5.41, 5.74) is 2.50. The second-order valence-corrected chi connectivity index (χ2v) is 5.58. The Morgan fingerprint density at radius 3 is 2.71 bits per heavy atom. The van der Waals surface area contributed by atoms with Crippen LogP contribution in [0.2, 0.25) is 0 Å². The Hall–Kier alpha value is -2.40. The van der Waals surface area contributed by atoms with Crippen LogP contribution in [0.5, 0.6) is 0 Å². The predicted octanol–water partition coefficient (Wildman–Crippen LogP) is 3.02. The number of hydrogen-bond donors (Lipinski definition) is 1. The minimum atomic E-state index is -0.113. The monoisotopic (exact) mass is 297 g/mol. The Bertz CT molecular complexity index is 732. The number of aromatic nitrogens is 2. The molecule has 106 valence electrons. The smallest absolute Gasteiger partial charge is 0.254 e. The van der Waals surface area contributed by atoms with Crippen LogP contribution in [0.4, 0.5) is 0 Å². The fourth-order valence-corrected chi connectivity index (χ4v) is 2.89. The molecule has 3 aromatic rings. The minimum Gasteiger partial charge on any atom is -0.355 e. The number of rotatable bonds is 4. The van der Waals surface area contributed by atoms with Crippen LogP contribution in [-0.2, 0) is 6.54 Å². The summed E-state index contributed by atoms with van der Waals surface area (Å²) in [6, 6.07) is 14.0. The standard InChI is InChI=1S/C16H15N3OS/c1-17-16(20)13-11-19(10-12-6-3-2-4-7-12)18-15(13)14-8-5-9-21-14/h2-9,11H,10H2,1H3,(H,17,20). The summed E-state index contributed by atoms with van der Waals surface area (Å²) in [6.07, 6.45) is 1.81. The number of nitrogens with one attached hydrogen (secondary N) is 1. The van der Waals surface area contributed by atoms with Crippen molar-refractivity contribution < 1.29 is 4.79 Å². The number of benzene rings is 1. The van der Waals surface area contributed by atoms with E-state index in [0.29, 0.717) is 12.1 Å². The molecule has 0 radical (unpaired) electrons. The van der Waals surface area contributed by atoms with Crippen molar-refractivity contribution in [1.82, 2.24) is 15.1 Å². The molecule has 0 spiro atoms. The molecule has 0 aliphatic heterocycles. The second-order valence-electron chi connectivity index (χ2n) is 4.63. The fraction of sp³-hybridized carbons (Fsp3) is 0.125. The molecule has 3 rings (SSSR count). The van der Waals surface area contributed by atoms with Crippen LogP contribution in [0, 0.1) is 0 Å². The van der Waals surface area contributed by atoms with E-state index >= 15 is 0 Å². The van der Waals surface area contributed by atoms with Gasteiger partial charge in [0.25, 0.3) is 5.91 Å². The predicted molar refractivity (Wildman–Crippen MR) is 84.5 cm³/mol. The lowest BCUT2D eigenvalue weighted by atomic mass is 10.2. The molecule has 0 unspecified atom stereocenters. The van der Waals surface area contributed by atoms with Crippen molar-refractivity contribution in [2.45, 2.75) is 6.54 Å². The topological polar surface area (TPSA) is 46.9 Å². The summed E-state index contributed by atoms with van der Waals surface area (Å²) in [5.74, 6) is -0.113. The summed E-state index contributed by atoms with van der Waals surface area (Å²) in [7, 11) is 1.63. The molecule has 1 N–H and O–H groups in total. The van der Waals surface area contributed by atoms with Crippen LogP contribution in [-0.4, -0.2) is 22.7 Å². The van der Waals surface area contributed by atoms with Crippen LogP contribution >= 0.6 is 11.3 Å². The van der Waals surface area contributed by atoms with Gasteiger partial charge < -0.3 is 5.32 Å². The molecule has 0 fully saturated rings. The molecule has 0 aliphatic rings. The molecular weight excluding hydrogens is 282 g/mol. The highest BCUT2D eigenvalue weighted by Gasteiger charge is 2.17. The van der Waals surface area contributed by atoms with E-state index in [1.54, 1.807) is 24.6 Å². The first-order valence-corrected chi connectivity index (χ1v) is 7.53. The lowest BCUT2D eigenvalue weighted by molar-refractivity contribution is 0.0963. The molecule has 0 saturated heterocycles. The molecule has 0 bridgehead atoms. The molecule has 2 aromatic heterocycles. The number of carbonyl (C=O) groups is 1. The maximum absolute atomic E-state index is 12.0. The van der Waals surface area contributed by atoms with Crippen LogP contribution in [0.15, 0.2) is 54.0 Å². The molecule has 0 atom stereocenters. The molecule has 1 amide bonds. The number of nitrogens with zero attached hydrogens (tertiary/aromatic N) is 2. The quantitative estimate of drug-likeness (QED) is 0.804. The highest BCUT2D eigenvalue weighted by molar-refractivity contribution is 7.13. The van der Waals surface area contributed by atoms with E-state index in [1.165, 1.54) is 0 Å². The van der Waals surface area contributed by atoms with Gasteiger partial charge in [-0.05, 0) is 17.0 Å². The number of carbonyl (C=O) groups excluding carboxylic acids is 1. The van der Waals surface area contributed by atoms with E-state index in [-0.39, 0.29) is 5.91 Å². The first-order valence-electron chi connectivity index (χ1n) is 6.65. The van der Waals surface area contributed by atoms with Crippen molar-refractivity contribution in [1.29, 1.82) is 0 Å². The molecule has 21 heavy (non-hydrogen) atoms. The molecule has 0 saturated carbocycles. The zero-order valence-electron chi connectivity index (χ0n) is 11.6. The zero-order chi connectivity index (χ0) is 14.7. The minimum absolute atomic E-state index is 0.113. The van der Waals surface area contributed by atoms with Crippen LogP contribution < -0.4 is 5.32 Å². The van der Waals surface area contributed by atoms with Crippen LogP contribution in [0.25, 0.3) is 10.6 Å². The third kappa shape index (κ3) is 2.87. The van der Waals surface area contributed by atoms with Crippen molar-refractivity contribution in [2.24, 2.45) is 0 Å². The van der Waals surface area contributed by atoms with Gasteiger partial charge in [0.2, 0.25) is 0 Å². The van der Waals surface area contributed by atoms with Gasteiger partial charge >= 0.3 is 0 Å². The SMILES string of the molecule is CNC(=O)c1cn(Cc2ccccc2)nc1-c1cccs1. The molecular formula is C16H15N3OS. The Kier molecular flexibility index (Phi) is 3.83. The van der Waals surface area contributed by atoms with Gasteiger partial charge in [0.1, 0.15) is 5.69 Å². The van der Waals surface area contributed by atoms with E-state index in [0.717, 1.165) is 16.1 Å². The Labute approximate surface area is 127 Å². The molecule has 1 aromatic carbocycles. The first-order chi connectivity index (χ1) is 10.3. The van der Waals surface area contributed by atoms with E-state index in [4.69, 9.17) is 0 Å². The van der Waals surface area contributed by atoms with Gasteiger partial charge in [-0.2, -0.15) is 5.10 Å². The third-order valence-electron chi connectivity index (χ3n) is 3.18. The van der Waals surface area contributed by atoms with Gasteiger partial charge in [-0.25, -0.2) is 0 Å². The van der Waals surface area contributed by atoms with E-state index < -0.39 is 0 Å². The fourth-order valence-electron chi connectivity index (χ4n) is 2.17.